The van der Waals surface area contributed by atoms with E-state index in [1.54, 1.807) is 24.3 Å². The molecule has 0 heterocycles. The lowest BCUT2D eigenvalue weighted by Crippen LogP contribution is -2.27. The molecule has 1 atom stereocenters. The lowest BCUT2D eigenvalue weighted by molar-refractivity contribution is 0.0962. The van der Waals surface area contributed by atoms with Crippen LogP contribution in [0.3, 0.4) is 0 Å². The molecule has 0 spiro atoms. The van der Waals surface area contributed by atoms with Gasteiger partial charge in [0.15, 0.2) is 5.78 Å². The van der Waals surface area contributed by atoms with E-state index >= 15 is 0 Å². The van der Waals surface area contributed by atoms with Crippen LogP contribution < -0.4 is 0 Å². The van der Waals surface area contributed by atoms with Gasteiger partial charge in [-0.3, -0.25) is 4.79 Å². The first-order valence-electron chi connectivity index (χ1n) is 8.09. The van der Waals surface area contributed by atoms with Gasteiger partial charge in [0.2, 0.25) is 0 Å². The molecule has 0 bridgehead atoms. The number of halogens is 2. The maximum atomic E-state index is 12.9. The second kappa shape index (κ2) is 7.43. The second-order valence-electron chi connectivity index (χ2n) is 6.31. The summed E-state index contributed by atoms with van der Waals surface area (Å²) in [5.74, 6) is 0.0815. The minimum Gasteiger partial charge on any atom is -0.294 e. The molecule has 0 amide bonds. The number of benzene rings is 3. The highest BCUT2D eigenvalue weighted by atomic mass is 35.5. The predicted octanol–water partition coefficient (Wildman–Crippen LogP) is 6.57. The van der Waals surface area contributed by atoms with Gasteiger partial charge < -0.3 is 0 Å². The minimum absolute atomic E-state index is 0.0815. The van der Waals surface area contributed by atoms with Gasteiger partial charge in [-0.25, -0.2) is 0 Å². The van der Waals surface area contributed by atoms with Crippen molar-refractivity contribution < 1.29 is 4.79 Å². The molecule has 0 N–H and O–H groups in total. The van der Waals surface area contributed by atoms with Crippen molar-refractivity contribution in [2.45, 2.75) is 18.8 Å². The Hall–Kier alpha value is -2.09. The second-order valence-corrected chi connectivity index (χ2v) is 7.18. The van der Waals surface area contributed by atoms with Crippen LogP contribution in [-0.4, -0.2) is 5.78 Å². The fourth-order valence-electron chi connectivity index (χ4n) is 3.05. The lowest BCUT2D eigenvalue weighted by atomic mass is 9.72. The Morgan fingerprint density at radius 2 is 1.24 bits per heavy atom. The van der Waals surface area contributed by atoms with Crippen LogP contribution in [0.5, 0.6) is 0 Å². The zero-order valence-corrected chi connectivity index (χ0v) is 15.4. The van der Waals surface area contributed by atoms with Gasteiger partial charge in [-0.05, 0) is 47.5 Å². The molecule has 1 unspecified atom stereocenters. The number of rotatable bonds is 5. The van der Waals surface area contributed by atoms with E-state index in [1.165, 1.54) is 0 Å². The van der Waals surface area contributed by atoms with Gasteiger partial charge in [-0.2, -0.15) is 0 Å². The van der Waals surface area contributed by atoms with E-state index in [1.807, 2.05) is 42.5 Å². The summed E-state index contributed by atoms with van der Waals surface area (Å²) in [6, 6.07) is 24.8. The standard InChI is InChI=1S/C22H18Cl2O/c1-22(17-5-3-2-4-6-17,18-9-13-20(24)14-10-18)15-21(25)16-7-11-19(23)12-8-16/h2-14H,15H2,1H3. The Morgan fingerprint density at radius 1 is 0.760 bits per heavy atom. The fourth-order valence-corrected chi connectivity index (χ4v) is 3.31. The van der Waals surface area contributed by atoms with Crippen molar-refractivity contribution in [3.8, 4) is 0 Å². The van der Waals surface area contributed by atoms with Crippen LogP contribution >= 0.6 is 23.2 Å². The molecule has 0 saturated heterocycles. The molecule has 25 heavy (non-hydrogen) atoms. The smallest absolute Gasteiger partial charge is 0.164 e. The largest absolute Gasteiger partial charge is 0.294 e. The number of hydrogen-bond donors (Lipinski definition) is 0. The Kier molecular flexibility index (Phi) is 5.27. The van der Waals surface area contributed by atoms with Gasteiger partial charge in [-0.1, -0.05) is 72.6 Å². The molecule has 3 aromatic carbocycles. The Bertz CT molecular complexity index is 855. The zero-order chi connectivity index (χ0) is 17.9. The Labute approximate surface area is 158 Å². The third kappa shape index (κ3) is 3.95. The van der Waals surface area contributed by atoms with Crippen LogP contribution in [0, 0.1) is 0 Å². The molecular weight excluding hydrogens is 351 g/mol. The van der Waals surface area contributed by atoms with E-state index in [0.717, 1.165) is 11.1 Å². The number of carbonyl (C=O) groups excluding carboxylic acids is 1. The summed E-state index contributed by atoms with van der Waals surface area (Å²) in [6.45, 7) is 2.10. The fraction of sp³-hybridized carbons (Fsp3) is 0.136. The van der Waals surface area contributed by atoms with Crippen LogP contribution in [0.2, 0.25) is 10.0 Å². The van der Waals surface area contributed by atoms with Crippen molar-refractivity contribution in [1.29, 1.82) is 0 Å². The van der Waals surface area contributed by atoms with Gasteiger partial charge in [0, 0.05) is 27.4 Å². The molecule has 0 aromatic heterocycles. The first-order valence-corrected chi connectivity index (χ1v) is 8.85. The highest BCUT2D eigenvalue weighted by molar-refractivity contribution is 6.30. The predicted molar refractivity (Wildman–Crippen MR) is 105 cm³/mol. The molecule has 0 aliphatic rings. The maximum Gasteiger partial charge on any atom is 0.164 e. The summed E-state index contributed by atoms with van der Waals surface area (Å²) in [7, 11) is 0. The molecule has 3 heteroatoms. The van der Waals surface area contributed by atoms with E-state index in [0.29, 0.717) is 22.0 Å². The summed E-state index contributed by atoms with van der Waals surface area (Å²) >= 11 is 12.0. The molecule has 0 fully saturated rings. The van der Waals surface area contributed by atoms with Crippen LogP contribution in [0.15, 0.2) is 78.9 Å². The van der Waals surface area contributed by atoms with E-state index in [4.69, 9.17) is 23.2 Å². The normalized spacial score (nSPS) is 13.2. The average molecular weight is 369 g/mol. The molecule has 3 aromatic rings. The topological polar surface area (TPSA) is 17.1 Å². The maximum absolute atomic E-state index is 12.9. The molecule has 0 aliphatic heterocycles. The monoisotopic (exact) mass is 368 g/mol. The van der Waals surface area contributed by atoms with Crippen LogP contribution in [-0.2, 0) is 5.41 Å². The molecule has 0 saturated carbocycles. The van der Waals surface area contributed by atoms with Crippen LogP contribution in [0.1, 0.15) is 34.8 Å². The summed E-state index contributed by atoms with van der Waals surface area (Å²) in [6.07, 6.45) is 0.361. The number of Topliss-reactive ketones (excluding diaryl/α,β-unsaturated/α-hetero) is 1. The third-order valence-corrected chi connectivity index (χ3v) is 5.08. The summed E-state index contributed by atoms with van der Waals surface area (Å²) in [5, 5.41) is 1.31. The first-order chi connectivity index (χ1) is 12.0. The minimum atomic E-state index is -0.442. The van der Waals surface area contributed by atoms with Gasteiger partial charge >= 0.3 is 0 Å². The quantitative estimate of drug-likeness (QED) is 0.465. The number of hydrogen-bond acceptors (Lipinski definition) is 1. The molecule has 126 valence electrons. The Balaban J connectivity index is 2.01. The number of ketones is 1. The first kappa shape index (κ1) is 17.7. The third-order valence-electron chi connectivity index (χ3n) is 4.57. The van der Waals surface area contributed by atoms with Crippen molar-refractivity contribution in [1.82, 2.24) is 0 Å². The van der Waals surface area contributed by atoms with Crippen LogP contribution in [0.25, 0.3) is 0 Å². The van der Waals surface area contributed by atoms with Crippen molar-refractivity contribution in [2.75, 3.05) is 0 Å². The zero-order valence-electron chi connectivity index (χ0n) is 13.9. The van der Waals surface area contributed by atoms with Gasteiger partial charge in [-0.15, -0.1) is 0 Å². The van der Waals surface area contributed by atoms with Gasteiger partial charge in [0.1, 0.15) is 0 Å². The summed E-state index contributed by atoms with van der Waals surface area (Å²) in [5.41, 5.74) is 2.38. The molecule has 1 nitrogen and oxygen atoms in total. The Morgan fingerprint density at radius 3 is 1.80 bits per heavy atom. The SMILES string of the molecule is CC(CC(=O)c1ccc(Cl)cc1)(c1ccccc1)c1ccc(Cl)cc1. The van der Waals surface area contributed by atoms with Gasteiger partial charge in [0.25, 0.3) is 0 Å². The van der Waals surface area contributed by atoms with E-state index in [2.05, 4.69) is 19.1 Å². The van der Waals surface area contributed by atoms with E-state index in [-0.39, 0.29) is 5.78 Å². The van der Waals surface area contributed by atoms with Crippen molar-refractivity contribution in [3.05, 3.63) is 106 Å². The summed E-state index contributed by atoms with van der Waals surface area (Å²) in [4.78, 5) is 12.9. The van der Waals surface area contributed by atoms with E-state index in [9.17, 15) is 4.79 Å². The molecule has 0 radical (unpaired) electrons. The summed E-state index contributed by atoms with van der Waals surface area (Å²) < 4.78 is 0. The number of carbonyl (C=O) groups is 1. The van der Waals surface area contributed by atoms with Crippen molar-refractivity contribution in [3.63, 3.8) is 0 Å². The molecular formula is C22H18Cl2O. The highest BCUT2D eigenvalue weighted by Gasteiger charge is 2.32. The van der Waals surface area contributed by atoms with Crippen molar-refractivity contribution in [2.24, 2.45) is 0 Å². The lowest BCUT2D eigenvalue weighted by Gasteiger charge is -2.30. The van der Waals surface area contributed by atoms with Crippen LogP contribution in [0.4, 0.5) is 0 Å². The van der Waals surface area contributed by atoms with E-state index < -0.39 is 5.41 Å². The molecule has 3 rings (SSSR count). The van der Waals surface area contributed by atoms with Gasteiger partial charge in [0.05, 0.1) is 0 Å². The average Bonchev–Trinajstić information content (AvgIpc) is 2.63. The highest BCUT2D eigenvalue weighted by Crippen LogP contribution is 2.37. The van der Waals surface area contributed by atoms with Crippen molar-refractivity contribution >= 4 is 29.0 Å². The molecule has 0 aliphatic carbocycles.